The van der Waals surface area contributed by atoms with Crippen LogP contribution in [0.25, 0.3) is 0 Å². The van der Waals surface area contributed by atoms with Gasteiger partial charge in [-0.2, -0.15) is 0 Å². The molecule has 6 heteroatoms. The van der Waals surface area contributed by atoms with E-state index < -0.39 is 19.5 Å². The van der Waals surface area contributed by atoms with Gasteiger partial charge in [0.2, 0.25) is 0 Å². The molecule has 1 rings (SSSR count). The van der Waals surface area contributed by atoms with Crippen LogP contribution in [0.15, 0.2) is 24.3 Å². The summed E-state index contributed by atoms with van der Waals surface area (Å²) in [5, 5.41) is 0.162. The average Bonchev–Trinajstić information content (AvgIpc) is 2.54. The van der Waals surface area contributed by atoms with Crippen LogP contribution in [0.4, 0.5) is 0 Å². The third kappa shape index (κ3) is 9.36. The maximum atomic E-state index is 12.9. The molecule has 0 radical (unpaired) electrons. The highest BCUT2D eigenvalue weighted by Crippen LogP contribution is 2.37. The molecule has 0 aromatic heterocycles. The van der Waals surface area contributed by atoms with Gasteiger partial charge in [0.15, 0.2) is 8.32 Å². The molecule has 0 bridgehead atoms. The van der Waals surface area contributed by atoms with Gasteiger partial charge in [0, 0.05) is 10.2 Å². The summed E-state index contributed by atoms with van der Waals surface area (Å²) in [6, 6.07) is 8.03. The number of benzene rings is 1. The van der Waals surface area contributed by atoms with Crippen LogP contribution in [-0.2, 0) is 18.7 Å². The quantitative estimate of drug-likeness (QED) is 0.191. The summed E-state index contributed by atoms with van der Waals surface area (Å²) in [7, 11) is -1.83. The molecule has 0 aliphatic heterocycles. The van der Waals surface area contributed by atoms with Crippen molar-refractivity contribution in [1.82, 2.24) is 0 Å². The van der Waals surface area contributed by atoms with Gasteiger partial charge in [-0.25, -0.2) is 0 Å². The molecule has 30 heavy (non-hydrogen) atoms. The second kappa shape index (κ2) is 10.4. The van der Waals surface area contributed by atoms with Crippen LogP contribution in [0.2, 0.25) is 18.1 Å². The first-order valence-corrected chi connectivity index (χ1v) is 14.7. The smallest absolute Gasteiger partial charge is 0.314 e. The van der Waals surface area contributed by atoms with E-state index in [2.05, 4.69) is 56.5 Å². The summed E-state index contributed by atoms with van der Waals surface area (Å²) in [4.78, 5) is 12.9. The Balaban J connectivity index is 2.80. The molecule has 0 spiro atoms. The van der Waals surface area contributed by atoms with Gasteiger partial charge in [-0.3, -0.25) is 4.79 Å². The minimum absolute atomic E-state index is 0.162. The summed E-state index contributed by atoms with van der Waals surface area (Å²) in [6.45, 7) is 22.0. The molecule has 1 aromatic carbocycles. The van der Waals surface area contributed by atoms with Crippen LogP contribution < -0.4 is 0 Å². The fourth-order valence-electron chi connectivity index (χ4n) is 2.58. The van der Waals surface area contributed by atoms with E-state index in [9.17, 15) is 4.79 Å². The third-order valence-corrected chi connectivity index (χ3v) is 10.6. The second-order valence-electron chi connectivity index (χ2n) is 11.1. The van der Waals surface area contributed by atoms with E-state index >= 15 is 0 Å². The molecule has 0 saturated heterocycles. The Bertz CT molecular complexity index is 702. The topological polar surface area (TPSA) is 44.8 Å². The van der Waals surface area contributed by atoms with Gasteiger partial charge in [0.25, 0.3) is 0 Å². The summed E-state index contributed by atoms with van der Waals surface area (Å²) in [6.07, 6.45) is 0.568. The second-order valence-corrected chi connectivity index (χ2v) is 17.1. The highest BCUT2D eigenvalue weighted by molar-refractivity contribution is 14.1. The van der Waals surface area contributed by atoms with Crippen molar-refractivity contribution in [2.75, 3.05) is 13.2 Å². The van der Waals surface area contributed by atoms with Gasteiger partial charge in [-0.1, -0.05) is 32.9 Å². The summed E-state index contributed by atoms with van der Waals surface area (Å²) < 4.78 is 19.3. The van der Waals surface area contributed by atoms with Crippen LogP contribution >= 0.6 is 22.6 Å². The lowest BCUT2D eigenvalue weighted by atomic mass is 9.95. The maximum absolute atomic E-state index is 12.9. The predicted octanol–water partition coefficient (Wildman–Crippen LogP) is 6.92. The number of halogens is 1. The Labute approximate surface area is 198 Å². The monoisotopic (exact) mass is 548 g/mol. The molecular weight excluding hydrogens is 507 g/mol. The number of carbonyl (C=O) groups excluding carboxylic acids is 1. The van der Waals surface area contributed by atoms with E-state index in [0.717, 1.165) is 9.13 Å². The van der Waals surface area contributed by atoms with E-state index in [1.165, 1.54) is 0 Å². The molecule has 1 atom stereocenters. The van der Waals surface area contributed by atoms with Crippen molar-refractivity contribution in [3.8, 4) is 0 Å². The van der Waals surface area contributed by atoms with Crippen LogP contribution in [-0.4, -0.2) is 38.7 Å². The van der Waals surface area contributed by atoms with E-state index in [-0.39, 0.29) is 16.9 Å². The summed E-state index contributed by atoms with van der Waals surface area (Å²) in [5.41, 5.74) is 0.0307. The fourth-order valence-corrected chi connectivity index (χ4v) is 4.29. The first-order valence-electron chi connectivity index (χ1n) is 10.7. The highest BCUT2D eigenvalue weighted by Gasteiger charge is 2.38. The Morgan fingerprint density at radius 3 is 2.17 bits per heavy atom. The predicted molar refractivity (Wildman–Crippen MR) is 136 cm³/mol. The lowest BCUT2D eigenvalue weighted by Crippen LogP contribution is -2.45. The Kier molecular flexibility index (Phi) is 9.61. The number of carbonyl (C=O) groups is 1. The van der Waals surface area contributed by atoms with Crippen LogP contribution in [0.1, 0.15) is 73.3 Å². The van der Waals surface area contributed by atoms with Crippen LogP contribution in [0.5, 0.6) is 0 Å². The van der Waals surface area contributed by atoms with E-state index in [1.807, 2.05) is 58.9 Å². The molecule has 0 amide bonds. The zero-order chi connectivity index (χ0) is 23.4. The van der Waals surface area contributed by atoms with E-state index in [0.29, 0.717) is 19.6 Å². The molecule has 0 aliphatic rings. The molecule has 0 fully saturated rings. The molecule has 0 aliphatic carbocycles. The van der Waals surface area contributed by atoms with E-state index in [4.69, 9.17) is 13.9 Å². The highest BCUT2D eigenvalue weighted by atomic mass is 127. The molecule has 4 nitrogen and oxygen atoms in total. The fraction of sp³-hybridized carbons (Fsp3) is 0.708. The SMILES string of the molecule is CC(C)(C)OC(=O)C(CCOC(C)(C)CO[Si](C)(C)C(C)(C)C)c1cccc(I)c1. The largest absolute Gasteiger partial charge is 0.459 e. The van der Waals surface area contributed by atoms with Gasteiger partial charge in [-0.05, 0) is 99.5 Å². The van der Waals surface area contributed by atoms with Crippen molar-refractivity contribution < 1.29 is 18.7 Å². The number of hydrogen-bond acceptors (Lipinski definition) is 4. The van der Waals surface area contributed by atoms with Crippen LogP contribution in [0, 0.1) is 3.57 Å². The molecule has 0 N–H and O–H groups in total. The molecule has 1 unspecified atom stereocenters. The lowest BCUT2D eigenvalue weighted by Gasteiger charge is -2.39. The van der Waals surface area contributed by atoms with Gasteiger partial charge in [0.05, 0.1) is 18.1 Å². The average molecular weight is 549 g/mol. The van der Waals surface area contributed by atoms with Crippen LogP contribution in [0.3, 0.4) is 0 Å². The normalized spacial score (nSPS) is 14.5. The Morgan fingerprint density at radius 2 is 1.67 bits per heavy atom. The minimum Gasteiger partial charge on any atom is -0.459 e. The Morgan fingerprint density at radius 1 is 1.07 bits per heavy atom. The van der Waals surface area contributed by atoms with Crippen molar-refractivity contribution >= 4 is 36.9 Å². The first kappa shape index (κ1) is 27.6. The van der Waals surface area contributed by atoms with Gasteiger partial charge in [0.1, 0.15) is 5.60 Å². The van der Waals surface area contributed by atoms with Crippen molar-refractivity contribution in [3.63, 3.8) is 0 Å². The molecule has 1 aromatic rings. The van der Waals surface area contributed by atoms with Crippen molar-refractivity contribution in [1.29, 1.82) is 0 Å². The number of ether oxygens (including phenoxy) is 2. The number of esters is 1. The zero-order valence-corrected chi connectivity index (χ0v) is 23.7. The Hall–Kier alpha value is -0.443. The van der Waals surface area contributed by atoms with E-state index in [1.54, 1.807) is 0 Å². The van der Waals surface area contributed by atoms with Crippen molar-refractivity contribution in [2.45, 2.75) is 97.1 Å². The lowest BCUT2D eigenvalue weighted by molar-refractivity contribution is -0.157. The number of hydrogen-bond donors (Lipinski definition) is 0. The molecule has 172 valence electrons. The zero-order valence-electron chi connectivity index (χ0n) is 20.5. The van der Waals surface area contributed by atoms with Gasteiger partial charge in [-0.15, -0.1) is 0 Å². The molecular formula is C24H41IO4Si. The molecule has 0 heterocycles. The minimum atomic E-state index is -1.83. The van der Waals surface area contributed by atoms with Gasteiger partial charge >= 0.3 is 5.97 Å². The molecule has 0 saturated carbocycles. The maximum Gasteiger partial charge on any atom is 0.314 e. The summed E-state index contributed by atoms with van der Waals surface area (Å²) >= 11 is 2.27. The third-order valence-electron chi connectivity index (χ3n) is 5.43. The van der Waals surface area contributed by atoms with Gasteiger partial charge < -0.3 is 13.9 Å². The summed E-state index contributed by atoms with van der Waals surface area (Å²) in [5.74, 6) is -0.556. The van der Waals surface area contributed by atoms with Crippen molar-refractivity contribution in [3.05, 3.63) is 33.4 Å². The van der Waals surface area contributed by atoms with Crippen molar-refractivity contribution in [2.24, 2.45) is 0 Å². The first-order chi connectivity index (χ1) is 13.4. The number of rotatable bonds is 9. The standard InChI is InChI=1S/C24H41IO4Si/c1-22(2,3)29-21(26)20(18-12-11-13-19(25)16-18)14-15-27-24(7,8)17-28-30(9,10)23(4,5)6/h11-13,16,20H,14-15,17H2,1-10H3.